The lowest BCUT2D eigenvalue weighted by atomic mass is 10.0. The minimum absolute atomic E-state index is 0.431. The summed E-state index contributed by atoms with van der Waals surface area (Å²) in [6.45, 7) is 0.827. The monoisotopic (exact) mass is 227 g/mol. The zero-order valence-electron chi connectivity index (χ0n) is 9.29. The minimum atomic E-state index is -0.431. The minimum Gasteiger partial charge on any atom is -0.383 e. The van der Waals surface area contributed by atoms with Gasteiger partial charge in [0.2, 0.25) is 5.91 Å². The molecule has 0 aliphatic carbocycles. The maximum Gasteiger partial charge on any atom is 0.243 e. The molecule has 1 amide bonds. The number of carbonyl (C=O) groups is 1. The van der Waals surface area contributed by atoms with Gasteiger partial charge in [-0.05, 0) is 18.1 Å². The Morgan fingerprint density at radius 2 is 2.18 bits per heavy atom. The molecule has 0 radical (unpaired) electrons. The number of nitrogens with one attached hydrogen (secondary N) is 2. The number of fused-ring (bicyclic) bond motifs is 3. The van der Waals surface area contributed by atoms with E-state index in [1.54, 1.807) is 0 Å². The summed E-state index contributed by atoms with van der Waals surface area (Å²) in [5.74, 6) is -0.431. The normalized spacial score (nSPS) is 16.8. The van der Waals surface area contributed by atoms with Crippen LogP contribution in [0.2, 0.25) is 0 Å². The van der Waals surface area contributed by atoms with Crippen LogP contribution >= 0.6 is 0 Å². The second-order valence-electron chi connectivity index (χ2n) is 4.16. The zero-order valence-corrected chi connectivity index (χ0v) is 9.29. The largest absolute Gasteiger partial charge is 0.383 e. The lowest BCUT2D eigenvalue weighted by Gasteiger charge is -2.17. The third-order valence-corrected chi connectivity index (χ3v) is 3.06. The number of aromatic amines is 1. The van der Waals surface area contributed by atoms with Crippen molar-refractivity contribution in [1.29, 1.82) is 0 Å². The zero-order chi connectivity index (χ0) is 11.8. The van der Waals surface area contributed by atoms with E-state index in [1.807, 2.05) is 18.2 Å². The molecule has 0 saturated heterocycles. The van der Waals surface area contributed by atoms with Gasteiger partial charge in [0.1, 0.15) is 0 Å². The molecule has 3 rings (SSSR count). The van der Waals surface area contributed by atoms with Crippen molar-refractivity contribution in [1.82, 2.24) is 10.3 Å². The Bertz CT molecular complexity index is 625. The average Bonchev–Trinajstić information content (AvgIpc) is 2.68. The smallest absolute Gasteiger partial charge is 0.243 e. The number of carbonyl (C=O) groups excluding carboxylic acids is 1. The third kappa shape index (κ3) is 1.58. The lowest BCUT2D eigenvalue weighted by molar-refractivity contribution is -0.113. The molecule has 17 heavy (non-hydrogen) atoms. The first-order chi connectivity index (χ1) is 8.25. The van der Waals surface area contributed by atoms with Gasteiger partial charge >= 0.3 is 0 Å². The van der Waals surface area contributed by atoms with Crippen LogP contribution < -0.4 is 11.1 Å². The third-order valence-electron chi connectivity index (χ3n) is 3.06. The highest BCUT2D eigenvalue weighted by atomic mass is 16.1. The molecule has 86 valence electrons. The van der Waals surface area contributed by atoms with Crippen LogP contribution in [-0.2, 0) is 11.2 Å². The Labute approximate surface area is 98.5 Å². The molecule has 1 aromatic heterocycles. The first-order valence-electron chi connectivity index (χ1n) is 5.60. The van der Waals surface area contributed by atoms with Gasteiger partial charge in [-0.25, -0.2) is 0 Å². The molecule has 1 aliphatic heterocycles. The molecular weight excluding hydrogens is 214 g/mol. The van der Waals surface area contributed by atoms with Crippen LogP contribution in [0.3, 0.4) is 0 Å². The first kappa shape index (κ1) is 9.96. The Balaban J connectivity index is 2.24. The van der Waals surface area contributed by atoms with E-state index in [1.165, 1.54) is 17.0 Å². The number of para-hydroxylation sites is 1. The molecule has 0 fully saturated rings. The molecule has 1 aliphatic rings. The van der Waals surface area contributed by atoms with Crippen molar-refractivity contribution in [2.75, 3.05) is 6.54 Å². The van der Waals surface area contributed by atoms with Gasteiger partial charge in [-0.2, -0.15) is 0 Å². The molecule has 0 bridgehead atoms. The predicted molar refractivity (Wildman–Crippen MR) is 67.2 cm³/mol. The molecule has 0 unspecified atom stereocenters. The quantitative estimate of drug-likeness (QED) is 0.639. The van der Waals surface area contributed by atoms with Crippen LogP contribution in [-0.4, -0.2) is 17.4 Å². The van der Waals surface area contributed by atoms with E-state index in [-0.39, 0.29) is 0 Å². The Kier molecular flexibility index (Phi) is 2.14. The van der Waals surface area contributed by atoms with E-state index >= 15 is 0 Å². The van der Waals surface area contributed by atoms with Gasteiger partial charge in [-0.3, -0.25) is 4.79 Å². The Morgan fingerprint density at radius 3 is 3.00 bits per heavy atom. The van der Waals surface area contributed by atoms with Crippen molar-refractivity contribution in [2.45, 2.75) is 6.42 Å². The van der Waals surface area contributed by atoms with E-state index in [9.17, 15) is 4.79 Å². The fourth-order valence-electron chi connectivity index (χ4n) is 2.37. The first-order valence-corrected chi connectivity index (χ1v) is 5.60. The van der Waals surface area contributed by atoms with Crippen molar-refractivity contribution in [3.05, 3.63) is 41.6 Å². The fourth-order valence-corrected chi connectivity index (χ4v) is 2.37. The van der Waals surface area contributed by atoms with Crippen LogP contribution in [0.15, 0.2) is 30.3 Å². The van der Waals surface area contributed by atoms with Crippen molar-refractivity contribution >= 4 is 22.5 Å². The standard InChI is InChI=1S/C13H13N3O/c14-12(17)7-11-13-9(5-6-15-11)8-3-1-2-4-10(8)16-13/h1-4,7,15-16H,5-6H2,(H2,14,17)/b11-7-. The summed E-state index contributed by atoms with van der Waals surface area (Å²) in [5.41, 5.74) is 9.33. The highest BCUT2D eigenvalue weighted by Gasteiger charge is 2.18. The summed E-state index contributed by atoms with van der Waals surface area (Å²) in [6.07, 6.45) is 2.39. The molecule has 2 heterocycles. The molecule has 0 saturated carbocycles. The van der Waals surface area contributed by atoms with Crippen molar-refractivity contribution in [2.24, 2.45) is 5.73 Å². The highest BCUT2D eigenvalue weighted by Crippen LogP contribution is 2.29. The molecule has 4 N–H and O–H groups in total. The summed E-state index contributed by atoms with van der Waals surface area (Å²) in [5, 5.41) is 4.42. The van der Waals surface area contributed by atoms with E-state index in [0.29, 0.717) is 0 Å². The van der Waals surface area contributed by atoms with Crippen LogP contribution in [0.1, 0.15) is 11.3 Å². The van der Waals surface area contributed by atoms with E-state index in [4.69, 9.17) is 5.73 Å². The fraction of sp³-hybridized carbons (Fsp3) is 0.154. The number of rotatable bonds is 1. The van der Waals surface area contributed by atoms with Gasteiger partial charge in [0.25, 0.3) is 0 Å². The number of aromatic nitrogens is 1. The molecule has 2 aromatic rings. The predicted octanol–water partition coefficient (Wildman–Crippen LogP) is 1.14. The number of benzene rings is 1. The topological polar surface area (TPSA) is 70.9 Å². The Morgan fingerprint density at radius 1 is 1.35 bits per heavy atom. The van der Waals surface area contributed by atoms with Crippen LogP contribution in [0.5, 0.6) is 0 Å². The number of hydrogen-bond acceptors (Lipinski definition) is 2. The average molecular weight is 227 g/mol. The maximum absolute atomic E-state index is 11.0. The summed E-state index contributed by atoms with van der Waals surface area (Å²) in [6, 6.07) is 8.15. The van der Waals surface area contributed by atoms with Crippen molar-refractivity contribution in [3.8, 4) is 0 Å². The Hall–Kier alpha value is -2.23. The summed E-state index contributed by atoms with van der Waals surface area (Å²) in [4.78, 5) is 14.3. The number of primary amides is 1. The SMILES string of the molecule is NC(=O)/C=C1\NCCc2c1[nH]c1ccccc21. The van der Waals surface area contributed by atoms with E-state index < -0.39 is 5.91 Å². The molecule has 1 aromatic carbocycles. The lowest BCUT2D eigenvalue weighted by Crippen LogP contribution is -2.24. The second-order valence-corrected chi connectivity index (χ2v) is 4.16. The van der Waals surface area contributed by atoms with E-state index in [0.717, 1.165) is 29.9 Å². The summed E-state index contributed by atoms with van der Waals surface area (Å²) < 4.78 is 0. The number of hydrogen-bond donors (Lipinski definition) is 3. The second kappa shape index (κ2) is 3.66. The van der Waals surface area contributed by atoms with E-state index in [2.05, 4.69) is 16.4 Å². The van der Waals surface area contributed by atoms with Crippen molar-refractivity contribution in [3.63, 3.8) is 0 Å². The van der Waals surface area contributed by atoms with Gasteiger partial charge in [-0.15, -0.1) is 0 Å². The molecule has 0 atom stereocenters. The van der Waals surface area contributed by atoms with Crippen LogP contribution in [0, 0.1) is 0 Å². The van der Waals surface area contributed by atoms with Gasteiger partial charge in [0.05, 0.1) is 11.4 Å². The molecule has 4 heteroatoms. The summed E-state index contributed by atoms with van der Waals surface area (Å²) >= 11 is 0. The van der Waals surface area contributed by atoms with Crippen molar-refractivity contribution < 1.29 is 4.79 Å². The number of nitrogens with two attached hydrogens (primary N) is 1. The number of amides is 1. The van der Waals surface area contributed by atoms with Gasteiger partial charge < -0.3 is 16.0 Å². The highest BCUT2D eigenvalue weighted by molar-refractivity contribution is 5.97. The molecule has 0 spiro atoms. The van der Waals surface area contributed by atoms with Crippen LogP contribution in [0.4, 0.5) is 0 Å². The molecular formula is C13H13N3O. The molecule has 4 nitrogen and oxygen atoms in total. The summed E-state index contributed by atoms with van der Waals surface area (Å²) in [7, 11) is 0. The van der Waals surface area contributed by atoms with Crippen LogP contribution in [0.25, 0.3) is 16.6 Å². The number of H-pyrrole nitrogens is 1. The maximum atomic E-state index is 11.0. The van der Waals surface area contributed by atoms with Gasteiger partial charge in [0.15, 0.2) is 0 Å². The van der Waals surface area contributed by atoms with Gasteiger partial charge in [0, 0.05) is 23.5 Å². The van der Waals surface area contributed by atoms with Gasteiger partial charge in [-0.1, -0.05) is 18.2 Å².